The first-order valence-electron chi connectivity index (χ1n) is 2.14. The van der Waals surface area contributed by atoms with Crippen LogP contribution in [0.4, 0.5) is 0 Å². The lowest BCUT2D eigenvalue weighted by atomic mass is 10.2. The van der Waals surface area contributed by atoms with Gasteiger partial charge in [-0.3, -0.25) is 5.14 Å². The van der Waals surface area contributed by atoms with E-state index in [-0.39, 0.29) is 4.75 Å². The van der Waals surface area contributed by atoms with E-state index in [1.807, 2.05) is 19.9 Å². The van der Waals surface area contributed by atoms with Crippen molar-refractivity contribution in [2.45, 2.75) is 18.6 Å². The van der Waals surface area contributed by atoms with Crippen LogP contribution in [0.25, 0.3) is 0 Å². The highest BCUT2D eigenvalue weighted by atomic mass is 32.2. The van der Waals surface area contributed by atoms with Crippen molar-refractivity contribution in [2.24, 2.45) is 5.14 Å². The number of nitrogens with two attached hydrogens (primary N) is 1. The van der Waals surface area contributed by atoms with Gasteiger partial charge in [0, 0.05) is 4.75 Å². The SMILES string of the molecule is C=CC(C)(C)SN. The normalized spacial score (nSPS) is 11.3. The molecule has 0 spiro atoms. The van der Waals surface area contributed by atoms with Crippen LogP contribution in [0.3, 0.4) is 0 Å². The Morgan fingerprint density at radius 2 is 2.14 bits per heavy atom. The zero-order valence-corrected chi connectivity index (χ0v) is 5.59. The molecule has 0 aromatic heterocycles. The van der Waals surface area contributed by atoms with Crippen LogP contribution in [0.2, 0.25) is 0 Å². The van der Waals surface area contributed by atoms with Crippen molar-refractivity contribution < 1.29 is 0 Å². The summed E-state index contributed by atoms with van der Waals surface area (Å²) in [4.78, 5) is 0. The zero-order valence-electron chi connectivity index (χ0n) is 4.77. The summed E-state index contributed by atoms with van der Waals surface area (Å²) in [5, 5.41) is 5.26. The minimum atomic E-state index is 0.0417. The molecule has 0 aliphatic carbocycles. The molecule has 2 N–H and O–H groups in total. The minimum Gasteiger partial charge on any atom is -0.277 e. The largest absolute Gasteiger partial charge is 0.277 e. The summed E-state index contributed by atoms with van der Waals surface area (Å²) < 4.78 is 0.0417. The van der Waals surface area contributed by atoms with Crippen molar-refractivity contribution in [3.63, 3.8) is 0 Å². The summed E-state index contributed by atoms with van der Waals surface area (Å²) in [5.41, 5.74) is 0. The summed E-state index contributed by atoms with van der Waals surface area (Å²) in [6.07, 6.45) is 1.83. The monoisotopic (exact) mass is 117 g/mol. The lowest BCUT2D eigenvalue weighted by Crippen LogP contribution is -2.12. The third-order valence-electron chi connectivity index (χ3n) is 0.795. The first-order valence-corrected chi connectivity index (χ1v) is 3.02. The molecular weight excluding hydrogens is 106 g/mol. The first-order chi connectivity index (χ1) is 3.12. The second-order valence-electron chi connectivity index (χ2n) is 1.93. The standard InChI is InChI=1S/C5H11NS/c1-4-5(2,3)7-6/h4H,1,6H2,2-3H3. The number of rotatable bonds is 2. The average molecular weight is 117 g/mol. The molecule has 1 nitrogen and oxygen atoms in total. The second-order valence-corrected chi connectivity index (χ2v) is 3.21. The van der Waals surface area contributed by atoms with Gasteiger partial charge in [0.2, 0.25) is 0 Å². The smallest absolute Gasteiger partial charge is 0.0422 e. The molecule has 42 valence electrons. The predicted molar refractivity (Wildman–Crippen MR) is 36.1 cm³/mol. The second kappa shape index (κ2) is 2.38. The van der Waals surface area contributed by atoms with E-state index in [2.05, 4.69) is 6.58 Å². The van der Waals surface area contributed by atoms with Gasteiger partial charge in [-0.2, -0.15) is 0 Å². The Morgan fingerprint density at radius 3 is 2.14 bits per heavy atom. The van der Waals surface area contributed by atoms with Crippen molar-refractivity contribution in [1.29, 1.82) is 0 Å². The highest BCUT2D eigenvalue weighted by molar-refractivity contribution is 7.98. The molecular formula is C5H11NS. The maximum Gasteiger partial charge on any atom is 0.0422 e. The van der Waals surface area contributed by atoms with Crippen molar-refractivity contribution in [1.82, 2.24) is 0 Å². The molecule has 7 heavy (non-hydrogen) atoms. The molecule has 0 bridgehead atoms. The highest BCUT2D eigenvalue weighted by Crippen LogP contribution is 2.17. The van der Waals surface area contributed by atoms with Crippen LogP contribution in [0.5, 0.6) is 0 Å². The summed E-state index contributed by atoms with van der Waals surface area (Å²) in [5.74, 6) is 0. The molecule has 0 heterocycles. The van der Waals surface area contributed by atoms with Gasteiger partial charge in [-0.15, -0.1) is 6.58 Å². The maximum absolute atomic E-state index is 5.26. The molecule has 0 saturated heterocycles. The molecule has 0 aromatic rings. The van der Waals surface area contributed by atoms with Gasteiger partial charge in [-0.1, -0.05) is 18.0 Å². The molecule has 0 unspecified atom stereocenters. The zero-order chi connectivity index (χ0) is 5.91. The highest BCUT2D eigenvalue weighted by Gasteiger charge is 2.08. The fourth-order valence-electron chi connectivity index (χ4n) is 0.0481. The van der Waals surface area contributed by atoms with Gasteiger partial charge in [0.1, 0.15) is 0 Å². The van der Waals surface area contributed by atoms with Crippen LogP contribution in [0, 0.1) is 0 Å². The van der Waals surface area contributed by atoms with Gasteiger partial charge in [0.25, 0.3) is 0 Å². The first kappa shape index (κ1) is 7.05. The molecule has 0 aromatic carbocycles. The van der Waals surface area contributed by atoms with Gasteiger partial charge in [0.15, 0.2) is 0 Å². The van der Waals surface area contributed by atoms with Crippen LogP contribution >= 0.6 is 11.9 Å². The van der Waals surface area contributed by atoms with Crippen LogP contribution in [0.1, 0.15) is 13.8 Å². The lowest BCUT2D eigenvalue weighted by Gasteiger charge is -2.13. The molecule has 0 aliphatic heterocycles. The molecule has 0 radical (unpaired) electrons. The Morgan fingerprint density at radius 1 is 1.71 bits per heavy atom. The minimum absolute atomic E-state index is 0.0417. The third-order valence-corrected chi connectivity index (χ3v) is 1.57. The lowest BCUT2D eigenvalue weighted by molar-refractivity contribution is 0.902. The van der Waals surface area contributed by atoms with Crippen LogP contribution < -0.4 is 5.14 Å². The summed E-state index contributed by atoms with van der Waals surface area (Å²) in [6.45, 7) is 7.64. The van der Waals surface area contributed by atoms with Crippen molar-refractivity contribution in [2.75, 3.05) is 0 Å². The fraction of sp³-hybridized carbons (Fsp3) is 0.600. The molecule has 0 aliphatic rings. The Bertz CT molecular complexity index is 68.5. The van der Waals surface area contributed by atoms with Gasteiger partial charge in [0.05, 0.1) is 0 Å². The van der Waals surface area contributed by atoms with E-state index in [0.29, 0.717) is 0 Å². The van der Waals surface area contributed by atoms with Crippen molar-refractivity contribution in [3.05, 3.63) is 12.7 Å². The molecule has 0 saturated carbocycles. The molecule has 0 fully saturated rings. The average Bonchev–Trinajstić information content (AvgIpc) is 1.68. The number of hydrogen-bond donors (Lipinski definition) is 1. The van der Waals surface area contributed by atoms with Crippen molar-refractivity contribution in [3.8, 4) is 0 Å². The quantitative estimate of drug-likeness (QED) is 0.439. The summed E-state index contributed by atoms with van der Waals surface area (Å²) >= 11 is 1.31. The molecule has 0 rings (SSSR count). The van der Waals surface area contributed by atoms with Crippen LogP contribution in [0.15, 0.2) is 12.7 Å². The van der Waals surface area contributed by atoms with E-state index in [9.17, 15) is 0 Å². The van der Waals surface area contributed by atoms with Gasteiger partial charge in [-0.05, 0) is 13.8 Å². The Labute approximate surface area is 49.1 Å². The van der Waals surface area contributed by atoms with Gasteiger partial charge in [-0.25, -0.2) is 0 Å². The van der Waals surface area contributed by atoms with Crippen LogP contribution in [-0.2, 0) is 0 Å². The van der Waals surface area contributed by atoms with E-state index in [1.54, 1.807) is 0 Å². The number of hydrogen-bond acceptors (Lipinski definition) is 2. The van der Waals surface area contributed by atoms with E-state index in [4.69, 9.17) is 5.14 Å². The topological polar surface area (TPSA) is 26.0 Å². The fourth-order valence-corrected chi connectivity index (χ4v) is 0.144. The summed E-state index contributed by atoms with van der Waals surface area (Å²) in [7, 11) is 0. The molecule has 2 heteroatoms. The Hall–Kier alpha value is 0.0500. The maximum atomic E-state index is 5.26. The van der Waals surface area contributed by atoms with E-state index < -0.39 is 0 Å². The molecule has 0 atom stereocenters. The summed E-state index contributed by atoms with van der Waals surface area (Å²) in [6, 6.07) is 0. The third kappa shape index (κ3) is 2.71. The Balaban J connectivity index is 3.58. The van der Waals surface area contributed by atoms with E-state index >= 15 is 0 Å². The predicted octanol–water partition coefficient (Wildman–Crippen LogP) is 1.56. The van der Waals surface area contributed by atoms with Crippen molar-refractivity contribution >= 4 is 11.9 Å². The van der Waals surface area contributed by atoms with E-state index in [0.717, 1.165) is 0 Å². The molecule has 0 amide bonds. The Kier molecular flexibility index (Phi) is 2.40. The van der Waals surface area contributed by atoms with Gasteiger partial charge >= 0.3 is 0 Å². The van der Waals surface area contributed by atoms with Crippen LogP contribution in [-0.4, -0.2) is 4.75 Å². The van der Waals surface area contributed by atoms with Gasteiger partial charge < -0.3 is 0 Å². The van der Waals surface area contributed by atoms with E-state index in [1.165, 1.54) is 11.9 Å².